The Bertz CT molecular complexity index is 1040. The maximum absolute atomic E-state index is 12.3. The van der Waals surface area contributed by atoms with Gasteiger partial charge in [0.2, 0.25) is 5.91 Å². The van der Waals surface area contributed by atoms with Gasteiger partial charge >= 0.3 is 12.1 Å². The van der Waals surface area contributed by atoms with E-state index < -0.39 is 17.5 Å². The van der Waals surface area contributed by atoms with Crippen LogP contribution in [0.25, 0.3) is 11.1 Å². The molecule has 1 aliphatic rings. The lowest BCUT2D eigenvalue weighted by molar-refractivity contribution is -0.149. The van der Waals surface area contributed by atoms with Crippen molar-refractivity contribution in [2.75, 3.05) is 19.7 Å². The number of carbonyl (C=O) groups is 3. The van der Waals surface area contributed by atoms with Gasteiger partial charge in [-0.3, -0.25) is 9.59 Å². The van der Waals surface area contributed by atoms with Crippen LogP contribution >= 0.6 is 0 Å². The van der Waals surface area contributed by atoms with Crippen molar-refractivity contribution in [1.82, 2.24) is 10.6 Å². The van der Waals surface area contributed by atoms with Crippen molar-refractivity contribution in [3.8, 4) is 11.1 Å². The van der Waals surface area contributed by atoms with Crippen LogP contribution in [0.2, 0.25) is 0 Å². The summed E-state index contributed by atoms with van der Waals surface area (Å²) in [5.74, 6) is -1.30. The van der Waals surface area contributed by atoms with E-state index >= 15 is 0 Å². The van der Waals surface area contributed by atoms with Crippen LogP contribution in [0.3, 0.4) is 0 Å². The molecule has 0 unspecified atom stereocenters. The van der Waals surface area contributed by atoms with Gasteiger partial charge in [-0.1, -0.05) is 68.5 Å². The number of carboxylic acids is 1. The van der Waals surface area contributed by atoms with E-state index in [0.29, 0.717) is 18.4 Å². The Kier molecular flexibility index (Phi) is 8.10. The number of nitrogens with one attached hydrogen (secondary N) is 2. The zero-order valence-electron chi connectivity index (χ0n) is 19.9. The third kappa shape index (κ3) is 5.30. The van der Waals surface area contributed by atoms with Crippen LogP contribution in [0.5, 0.6) is 0 Å². The van der Waals surface area contributed by atoms with E-state index in [4.69, 9.17) is 4.74 Å². The molecule has 0 fully saturated rings. The first-order chi connectivity index (χ1) is 16.3. The molecule has 34 heavy (non-hydrogen) atoms. The SMILES string of the molecule is CCC(CC)(CNC(=O)/C(C)=C/CNC(=O)OCC1c2ccccc2-c2ccccc21)C(=O)O. The molecular formula is C27H32N2O5. The summed E-state index contributed by atoms with van der Waals surface area (Å²) >= 11 is 0. The predicted octanol–water partition coefficient (Wildman–Crippen LogP) is 4.48. The second-order valence-corrected chi connectivity index (χ2v) is 8.57. The van der Waals surface area contributed by atoms with Gasteiger partial charge in [0, 0.05) is 24.6 Å². The van der Waals surface area contributed by atoms with Crippen molar-refractivity contribution in [2.24, 2.45) is 5.41 Å². The summed E-state index contributed by atoms with van der Waals surface area (Å²) in [6.07, 6.45) is 1.86. The second-order valence-electron chi connectivity index (χ2n) is 8.57. The summed E-state index contributed by atoms with van der Waals surface area (Å²) in [6.45, 7) is 5.61. The molecule has 0 atom stereocenters. The van der Waals surface area contributed by atoms with Crippen molar-refractivity contribution in [3.63, 3.8) is 0 Å². The quantitative estimate of drug-likeness (QED) is 0.450. The molecule has 2 aromatic carbocycles. The molecule has 2 amide bonds. The van der Waals surface area contributed by atoms with Gasteiger partial charge in [-0.05, 0) is 42.0 Å². The van der Waals surface area contributed by atoms with Crippen LogP contribution in [0.15, 0.2) is 60.2 Å². The van der Waals surface area contributed by atoms with Crippen LogP contribution in [-0.4, -0.2) is 42.8 Å². The number of alkyl carbamates (subject to hydrolysis) is 1. The van der Waals surface area contributed by atoms with Gasteiger partial charge in [0.15, 0.2) is 0 Å². The highest BCUT2D eigenvalue weighted by atomic mass is 16.5. The lowest BCUT2D eigenvalue weighted by Crippen LogP contribution is -2.42. The average Bonchev–Trinajstić information content (AvgIpc) is 3.17. The number of carbonyl (C=O) groups excluding carboxylic acids is 2. The zero-order valence-corrected chi connectivity index (χ0v) is 19.9. The Morgan fingerprint density at radius 3 is 2.06 bits per heavy atom. The second kappa shape index (κ2) is 11.0. The predicted molar refractivity (Wildman–Crippen MR) is 130 cm³/mol. The first-order valence-corrected chi connectivity index (χ1v) is 11.6. The number of hydrogen-bond donors (Lipinski definition) is 3. The number of fused-ring (bicyclic) bond motifs is 3. The number of carboxylic acid groups (broad SMARTS) is 1. The van der Waals surface area contributed by atoms with E-state index in [1.54, 1.807) is 26.8 Å². The van der Waals surface area contributed by atoms with Crippen LogP contribution in [-0.2, 0) is 14.3 Å². The molecular weight excluding hydrogens is 432 g/mol. The number of aliphatic carboxylic acids is 1. The van der Waals surface area contributed by atoms with E-state index in [1.165, 1.54) is 0 Å². The number of hydrogen-bond acceptors (Lipinski definition) is 4. The van der Waals surface area contributed by atoms with E-state index in [1.807, 2.05) is 24.3 Å². The van der Waals surface area contributed by atoms with Gasteiger partial charge in [0.05, 0.1) is 5.41 Å². The number of amides is 2. The molecule has 1 aliphatic carbocycles. The summed E-state index contributed by atoms with van der Waals surface area (Å²) in [6, 6.07) is 16.2. The van der Waals surface area contributed by atoms with Crippen molar-refractivity contribution < 1.29 is 24.2 Å². The minimum absolute atomic E-state index is 0.0205. The van der Waals surface area contributed by atoms with Crippen LogP contribution < -0.4 is 10.6 Å². The molecule has 0 spiro atoms. The van der Waals surface area contributed by atoms with Crippen molar-refractivity contribution in [3.05, 3.63) is 71.3 Å². The minimum atomic E-state index is -0.977. The third-order valence-electron chi connectivity index (χ3n) is 6.75. The Morgan fingerprint density at radius 1 is 0.971 bits per heavy atom. The highest BCUT2D eigenvalue weighted by molar-refractivity contribution is 5.93. The fourth-order valence-electron chi connectivity index (χ4n) is 4.30. The Morgan fingerprint density at radius 2 is 1.53 bits per heavy atom. The monoisotopic (exact) mass is 464 g/mol. The number of ether oxygens (including phenoxy) is 1. The molecule has 0 saturated carbocycles. The average molecular weight is 465 g/mol. The zero-order chi connectivity index (χ0) is 24.7. The Balaban J connectivity index is 1.50. The topological polar surface area (TPSA) is 105 Å². The minimum Gasteiger partial charge on any atom is -0.481 e. The lowest BCUT2D eigenvalue weighted by atomic mass is 9.82. The summed E-state index contributed by atoms with van der Waals surface area (Å²) in [5, 5.41) is 14.8. The van der Waals surface area contributed by atoms with E-state index in [2.05, 4.69) is 34.9 Å². The fourth-order valence-corrected chi connectivity index (χ4v) is 4.30. The molecule has 0 bridgehead atoms. The molecule has 2 aromatic rings. The van der Waals surface area contributed by atoms with Gasteiger partial charge in [-0.15, -0.1) is 0 Å². The van der Waals surface area contributed by atoms with Crippen LogP contribution in [0.4, 0.5) is 4.79 Å². The first-order valence-electron chi connectivity index (χ1n) is 11.6. The molecule has 0 saturated heterocycles. The highest BCUT2D eigenvalue weighted by Gasteiger charge is 2.35. The largest absolute Gasteiger partial charge is 0.481 e. The van der Waals surface area contributed by atoms with Crippen LogP contribution in [0.1, 0.15) is 50.7 Å². The molecule has 0 radical (unpaired) electrons. The first kappa shape index (κ1) is 25.0. The molecule has 7 heteroatoms. The van der Waals surface area contributed by atoms with Gasteiger partial charge < -0.3 is 20.5 Å². The van der Waals surface area contributed by atoms with Crippen molar-refractivity contribution >= 4 is 18.0 Å². The normalized spacial score (nSPS) is 13.1. The Labute approximate surface area is 200 Å². The molecule has 180 valence electrons. The molecule has 0 heterocycles. The summed E-state index contributed by atoms with van der Waals surface area (Å²) in [7, 11) is 0. The van der Waals surface area contributed by atoms with Gasteiger partial charge in [0.1, 0.15) is 6.61 Å². The smallest absolute Gasteiger partial charge is 0.407 e. The molecule has 0 aromatic heterocycles. The maximum Gasteiger partial charge on any atom is 0.407 e. The van der Waals surface area contributed by atoms with Crippen molar-refractivity contribution in [2.45, 2.75) is 39.5 Å². The maximum atomic E-state index is 12.3. The van der Waals surface area contributed by atoms with Crippen LogP contribution in [0, 0.1) is 5.41 Å². The summed E-state index contributed by atoms with van der Waals surface area (Å²) in [4.78, 5) is 36.2. The molecule has 3 rings (SSSR count). The van der Waals surface area contributed by atoms with Gasteiger partial charge in [-0.2, -0.15) is 0 Å². The number of benzene rings is 2. The lowest BCUT2D eigenvalue weighted by Gasteiger charge is -2.26. The third-order valence-corrected chi connectivity index (χ3v) is 6.75. The highest BCUT2D eigenvalue weighted by Crippen LogP contribution is 2.44. The van der Waals surface area contributed by atoms with Crippen molar-refractivity contribution in [1.29, 1.82) is 0 Å². The van der Waals surface area contributed by atoms with E-state index in [0.717, 1.165) is 22.3 Å². The standard InChI is InChI=1S/C27H32N2O5/c1-4-27(5-2,25(31)32)17-29-24(30)18(3)14-15-28-26(33)34-16-23-21-12-8-6-10-19(21)20-11-7-9-13-22(20)23/h6-14,23H,4-5,15-17H2,1-3H3,(H,28,33)(H,29,30)(H,31,32)/b18-14+. The van der Waals surface area contributed by atoms with Gasteiger partial charge in [0.25, 0.3) is 0 Å². The van der Waals surface area contributed by atoms with Gasteiger partial charge in [-0.25, -0.2) is 4.79 Å². The summed E-state index contributed by atoms with van der Waals surface area (Å²) in [5.41, 5.74) is 4.02. The number of rotatable bonds is 10. The van der Waals surface area contributed by atoms with E-state index in [9.17, 15) is 19.5 Å². The van der Waals surface area contributed by atoms with E-state index in [-0.39, 0.29) is 31.5 Å². The molecule has 7 nitrogen and oxygen atoms in total. The molecule has 3 N–H and O–H groups in total. The fraction of sp³-hybridized carbons (Fsp3) is 0.370. The molecule has 0 aliphatic heterocycles. The summed E-state index contributed by atoms with van der Waals surface area (Å²) < 4.78 is 5.48. The Hall–Kier alpha value is -3.61.